The number of halogens is 1. The van der Waals surface area contributed by atoms with Crippen LogP contribution in [-0.4, -0.2) is 76.3 Å². The number of benzene rings is 3. The molecule has 2 saturated heterocycles. The van der Waals surface area contributed by atoms with Gasteiger partial charge in [-0.25, -0.2) is 0 Å². The first-order chi connectivity index (χ1) is 21.1. The van der Waals surface area contributed by atoms with E-state index in [1.165, 1.54) is 6.07 Å². The first-order valence-corrected chi connectivity index (χ1v) is 14.9. The number of hydrogen-bond donors (Lipinski definition) is 7. The van der Waals surface area contributed by atoms with Crippen LogP contribution in [0.25, 0.3) is 10.8 Å². The van der Waals surface area contributed by atoms with Crippen molar-refractivity contribution in [3.8, 4) is 5.75 Å². The predicted octanol–water partition coefficient (Wildman–Crippen LogP) is 2.11. The van der Waals surface area contributed by atoms with E-state index in [0.29, 0.717) is 60.8 Å². The van der Waals surface area contributed by atoms with Crippen LogP contribution in [0.4, 0.5) is 29.2 Å². The van der Waals surface area contributed by atoms with Gasteiger partial charge in [0.2, 0.25) is 17.8 Å². The second-order valence-corrected chi connectivity index (χ2v) is 11.9. The number of rotatable bonds is 6. The van der Waals surface area contributed by atoms with Crippen molar-refractivity contribution in [3.05, 3.63) is 65.2 Å². The summed E-state index contributed by atoms with van der Waals surface area (Å²) in [4.78, 5) is 31.3. The highest BCUT2D eigenvalue weighted by molar-refractivity contribution is 6.34. The molecule has 2 aliphatic heterocycles. The predicted molar refractivity (Wildman–Crippen MR) is 174 cm³/mol. The SMILES string of the molecule is N[C@@H]1C[C@H](N)CN(c2nc(Nc3ccc(NC(=O)c4c(O)ccc5ccccc45)c(Cl)c3)nc(N3C[C@H](N)C[C@H](N)C3)n2)C1. The molecule has 2 fully saturated rings. The highest BCUT2D eigenvalue weighted by Crippen LogP contribution is 2.32. The van der Waals surface area contributed by atoms with Gasteiger partial charge in [0.25, 0.3) is 5.91 Å². The molecule has 3 heterocycles. The number of carbonyl (C=O) groups is 1. The second-order valence-electron chi connectivity index (χ2n) is 11.5. The molecule has 1 amide bonds. The number of amides is 1. The summed E-state index contributed by atoms with van der Waals surface area (Å²) in [6.45, 7) is 2.23. The van der Waals surface area contributed by atoms with E-state index in [9.17, 15) is 9.90 Å². The Morgan fingerprint density at radius 3 is 2.00 bits per heavy atom. The van der Waals surface area contributed by atoms with Crippen molar-refractivity contribution in [2.75, 3.05) is 46.6 Å². The lowest BCUT2D eigenvalue weighted by Crippen LogP contribution is -2.54. The van der Waals surface area contributed by atoms with Gasteiger partial charge in [0.05, 0.1) is 16.3 Å². The zero-order valence-corrected chi connectivity index (χ0v) is 24.8. The maximum Gasteiger partial charge on any atom is 0.260 e. The number of nitrogens with one attached hydrogen (secondary N) is 2. The maximum absolute atomic E-state index is 13.2. The van der Waals surface area contributed by atoms with Gasteiger partial charge in [0, 0.05) is 56.0 Å². The van der Waals surface area contributed by atoms with E-state index >= 15 is 0 Å². The van der Waals surface area contributed by atoms with Crippen LogP contribution in [0.3, 0.4) is 0 Å². The first-order valence-electron chi connectivity index (χ1n) is 14.5. The summed E-state index contributed by atoms with van der Waals surface area (Å²) in [7, 11) is 0. The average Bonchev–Trinajstić information content (AvgIpc) is 2.97. The van der Waals surface area contributed by atoms with Gasteiger partial charge >= 0.3 is 0 Å². The Bertz CT molecular complexity index is 1620. The zero-order chi connectivity index (χ0) is 31.0. The fraction of sp³-hybridized carbons (Fsp3) is 0.333. The number of fused-ring (bicyclic) bond motifs is 1. The van der Waals surface area contributed by atoms with Crippen molar-refractivity contribution in [1.82, 2.24) is 15.0 Å². The number of piperidine rings is 2. The van der Waals surface area contributed by atoms with Crippen molar-refractivity contribution in [2.24, 2.45) is 22.9 Å². The van der Waals surface area contributed by atoms with Gasteiger partial charge in [-0.05, 0) is 47.9 Å². The molecule has 0 saturated carbocycles. The second kappa shape index (κ2) is 12.4. The Morgan fingerprint density at radius 1 is 0.818 bits per heavy atom. The Balaban J connectivity index is 1.26. The third kappa shape index (κ3) is 6.47. The molecule has 0 spiro atoms. The quantitative estimate of drug-likeness (QED) is 0.166. The molecule has 11 N–H and O–H groups in total. The zero-order valence-electron chi connectivity index (χ0n) is 24.0. The van der Waals surface area contributed by atoms with Crippen LogP contribution in [0.1, 0.15) is 23.2 Å². The topological polar surface area (TPSA) is 211 Å². The number of aromatic hydroxyl groups is 1. The molecule has 44 heavy (non-hydrogen) atoms. The van der Waals surface area contributed by atoms with Crippen LogP contribution >= 0.6 is 11.6 Å². The van der Waals surface area contributed by atoms with Crippen LogP contribution in [-0.2, 0) is 0 Å². The van der Waals surface area contributed by atoms with Gasteiger partial charge in [-0.15, -0.1) is 0 Å². The van der Waals surface area contributed by atoms with Crippen molar-refractivity contribution in [2.45, 2.75) is 37.0 Å². The summed E-state index contributed by atoms with van der Waals surface area (Å²) in [5.41, 5.74) is 26.2. The van der Waals surface area contributed by atoms with Crippen molar-refractivity contribution in [3.63, 3.8) is 0 Å². The lowest BCUT2D eigenvalue weighted by molar-refractivity contribution is 0.102. The van der Waals surface area contributed by atoms with Crippen LogP contribution in [0.15, 0.2) is 54.6 Å². The van der Waals surface area contributed by atoms with Gasteiger partial charge in [0.1, 0.15) is 5.75 Å². The minimum Gasteiger partial charge on any atom is -0.507 e. The van der Waals surface area contributed by atoms with Crippen LogP contribution in [0.5, 0.6) is 5.75 Å². The third-order valence-electron chi connectivity index (χ3n) is 7.82. The summed E-state index contributed by atoms with van der Waals surface area (Å²) in [6, 6.07) is 15.2. The minimum absolute atomic E-state index is 0.107. The Hall–Kier alpha value is -4.27. The molecule has 0 bridgehead atoms. The largest absolute Gasteiger partial charge is 0.507 e. The molecule has 6 rings (SSSR count). The lowest BCUT2D eigenvalue weighted by Gasteiger charge is -2.37. The van der Waals surface area contributed by atoms with Gasteiger partial charge < -0.3 is 48.5 Å². The summed E-state index contributed by atoms with van der Waals surface area (Å²) in [5.74, 6) is 0.577. The molecule has 0 aliphatic carbocycles. The smallest absolute Gasteiger partial charge is 0.260 e. The number of phenols is 1. The molecule has 1 aromatic heterocycles. The number of nitrogens with two attached hydrogens (primary N) is 4. The summed E-state index contributed by atoms with van der Waals surface area (Å²) in [6.07, 6.45) is 1.44. The Labute approximate surface area is 259 Å². The molecule has 13 nitrogen and oxygen atoms in total. The van der Waals surface area contributed by atoms with E-state index in [-0.39, 0.29) is 40.5 Å². The number of phenolic OH excluding ortho intramolecular Hbond substituents is 1. The Kier molecular flexibility index (Phi) is 8.38. The molecule has 3 aromatic carbocycles. The van der Waals surface area contributed by atoms with Gasteiger partial charge in [-0.3, -0.25) is 4.79 Å². The summed E-state index contributed by atoms with van der Waals surface area (Å²) in [5, 5.41) is 18.2. The number of aromatic nitrogens is 3. The number of nitrogens with zero attached hydrogens (tertiary/aromatic N) is 5. The van der Waals surface area contributed by atoms with Crippen LogP contribution < -0.4 is 43.4 Å². The fourth-order valence-electron chi connectivity index (χ4n) is 5.88. The number of hydrogen-bond acceptors (Lipinski definition) is 12. The average molecular weight is 618 g/mol. The normalized spacial score (nSPS) is 22.2. The van der Waals surface area contributed by atoms with Gasteiger partial charge in [-0.2, -0.15) is 15.0 Å². The monoisotopic (exact) mass is 617 g/mol. The molecule has 4 aromatic rings. The van der Waals surface area contributed by atoms with E-state index in [1.807, 2.05) is 28.0 Å². The summed E-state index contributed by atoms with van der Waals surface area (Å²) < 4.78 is 0. The lowest BCUT2D eigenvalue weighted by atomic mass is 10.0. The molecule has 14 heteroatoms. The van der Waals surface area contributed by atoms with E-state index in [2.05, 4.69) is 20.6 Å². The van der Waals surface area contributed by atoms with E-state index in [1.54, 1.807) is 30.3 Å². The molecule has 230 valence electrons. The van der Waals surface area contributed by atoms with Crippen molar-refractivity contribution in [1.29, 1.82) is 0 Å². The fourth-order valence-corrected chi connectivity index (χ4v) is 6.11. The van der Waals surface area contributed by atoms with Gasteiger partial charge in [0.15, 0.2) is 0 Å². The molecule has 0 unspecified atom stereocenters. The standard InChI is InChI=1S/C30H36ClN11O2/c31-23-11-21(6-7-24(23)37-27(44)26-22-4-2-1-3-16(22)5-8-25(26)43)36-28-38-29(41-12-17(32)9-18(33)13-41)40-30(39-28)42-14-19(34)10-20(35)15-42/h1-8,11,17-20,43H,9-10,12-15,32-35H2,(H,37,44)(H,36,38,39,40)/t17-,18+,19-,20+. The number of anilines is 5. The first kappa shape index (κ1) is 29.8. The van der Waals surface area contributed by atoms with E-state index < -0.39 is 5.91 Å². The van der Waals surface area contributed by atoms with E-state index in [0.717, 1.165) is 18.2 Å². The highest BCUT2D eigenvalue weighted by Gasteiger charge is 2.29. The highest BCUT2D eigenvalue weighted by atomic mass is 35.5. The molecule has 0 radical (unpaired) electrons. The third-order valence-corrected chi connectivity index (χ3v) is 8.13. The molecular formula is C30H36ClN11O2. The summed E-state index contributed by atoms with van der Waals surface area (Å²) >= 11 is 6.61. The van der Waals surface area contributed by atoms with E-state index in [4.69, 9.17) is 39.5 Å². The number of carbonyl (C=O) groups excluding carboxylic acids is 1. The van der Waals surface area contributed by atoms with Gasteiger partial charge in [-0.1, -0.05) is 41.9 Å². The maximum atomic E-state index is 13.2. The molecular weight excluding hydrogens is 582 g/mol. The van der Waals surface area contributed by atoms with Crippen LogP contribution in [0.2, 0.25) is 5.02 Å². The van der Waals surface area contributed by atoms with Crippen molar-refractivity contribution < 1.29 is 9.90 Å². The Morgan fingerprint density at radius 2 is 1.41 bits per heavy atom. The molecule has 4 atom stereocenters. The van der Waals surface area contributed by atoms with Crippen molar-refractivity contribution >= 4 is 57.5 Å². The van der Waals surface area contributed by atoms with Crippen LogP contribution in [0, 0.1) is 0 Å². The molecule has 2 aliphatic rings. The minimum atomic E-state index is -0.482.